The number of carbonyl (C=O) groups is 1. The number of carbonyl (C=O) groups excluding carboxylic acids is 1. The minimum absolute atomic E-state index is 0.0259. The number of oxime groups is 1. The predicted molar refractivity (Wildman–Crippen MR) is 64.6 cm³/mol. The maximum Gasteiger partial charge on any atom is 0.155 e. The third-order valence-electron chi connectivity index (χ3n) is 2.98. The van der Waals surface area contributed by atoms with E-state index in [9.17, 15) is 4.79 Å². The van der Waals surface area contributed by atoms with Crippen molar-refractivity contribution in [3.05, 3.63) is 24.3 Å². The number of rotatable bonds is 2. The summed E-state index contributed by atoms with van der Waals surface area (Å²) in [5.74, 6) is -0.413. The van der Waals surface area contributed by atoms with Crippen molar-refractivity contribution in [3.8, 4) is 0 Å². The zero-order valence-electron chi connectivity index (χ0n) is 10.3. The van der Waals surface area contributed by atoms with Gasteiger partial charge in [0.1, 0.15) is 0 Å². The van der Waals surface area contributed by atoms with Crippen molar-refractivity contribution in [1.29, 1.82) is 0 Å². The molecule has 0 saturated heterocycles. The third-order valence-corrected chi connectivity index (χ3v) is 2.98. The van der Waals surface area contributed by atoms with Gasteiger partial charge in [0.25, 0.3) is 0 Å². The van der Waals surface area contributed by atoms with Gasteiger partial charge in [0.2, 0.25) is 0 Å². The van der Waals surface area contributed by atoms with Gasteiger partial charge in [0.05, 0.1) is 11.6 Å². The van der Waals surface area contributed by atoms with Crippen LogP contribution in [0.25, 0.3) is 0 Å². The highest BCUT2D eigenvalue weighted by Crippen LogP contribution is 2.34. The van der Waals surface area contributed by atoms with Crippen molar-refractivity contribution >= 4 is 11.5 Å². The van der Waals surface area contributed by atoms with Crippen LogP contribution in [0.4, 0.5) is 0 Å². The fourth-order valence-corrected chi connectivity index (χ4v) is 1.86. The normalized spacial score (nSPS) is 25.3. The van der Waals surface area contributed by atoms with Gasteiger partial charge in [-0.1, -0.05) is 37.7 Å². The Labute approximate surface area is 96.5 Å². The summed E-state index contributed by atoms with van der Waals surface area (Å²) in [5.41, 5.74) is 0.676. The van der Waals surface area contributed by atoms with E-state index >= 15 is 0 Å². The Kier molecular flexibility index (Phi) is 3.36. The second-order valence-electron chi connectivity index (χ2n) is 5.11. The Morgan fingerprint density at radius 2 is 2.12 bits per heavy atom. The fourth-order valence-electron chi connectivity index (χ4n) is 1.86. The molecule has 3 nitrogen and oxygen atoms in total. The second-order valence-corrected chi connectivity index (χ2v) is 5.11. The summed E-state index contributed by atoms with van der Waals surface area (Å²) < 4.78 is 0. The minimum atomic E-state index is -0.517. The molecule has 88 valence electrons. The molecule has 0 bridgehead atoms. The maximum atomic E-state index is 12.3. The average Bonchev–Trinajstić information content (AvgIpc) is 2.19. The maximum absolute atomic E-state index is 12.3. The monoisotopic (exact) mass is 221 g/mol. The Morgan fingerprint density at radius 3 is 2.56 bits per heavy atom. The second kappa shape index (κ2) is 4.24. The summed E-state index contributed by atoms with van der Waals surface area (Å²) in [6.45, 7) is 11.4. The molecule has 0 spiro atoms. The average molecular weight is 221 g/mol. The Bertz CT molecular complexity index is 375. The van der Waals surface area contributed by atoms with Crippen LogP contribution in [0.15, 0.2) is 29.5 Å². The highest BCUT2D eigenvalue weighted by Gasteiger charge is 2.39. The molecule has 0 heterocycles. The van der Waals surface area contributed by atoms with Gasteiger partial charge in [0, 0.05) is 5.41 Å². The van der Waals surface area contributed by atoms with E-state index in [0.29, 0.717) is 11.3 Å². The van der Waals surface area contributed by atoms with Gasteiger partial charge in [-0.15, -0.1) is 0 Å². The first kappa shape index (κ1) is 12.7. The van der Waals surface area contributed by atoms with E-state index < -0.39 is 11.3 Å². The molecule has 0 saturated carbocycles. The van der Waals surface area contributed by atoms with Gasteiger partial charge in [-0.3, -0.25) is 4.79 Å². The number of nitrogens with zero attached hydrogens (tertiary/aromatic N) is 1. The van der Waals surface area contributed by atoms with Crippen LogP contribution in [0.5, 0.6) is 0 Å². The lowest BCUT2D eigenvalue weighted by atomic mass is 9.70. The number of allylic oxidation sites excluding steroid dienone is 3. The quantitative estimate of drug-likeness (QED) is 0.443. The van der Waals surface area contributed by atoms with E-state index in [2.05, 4.69) is 11.7 Å². The van der Waals surface area contributed by atoms with E-state index in [1.165, 1.54) is 0 Å². The molecule has 1 aliphatic rings. The van der Waals surface area contributed by atoms with Crippen LogP contribution in [0.1, 0.15) is 27.7 Å². The Morgan fingerprint density at radius 1 is 1.56 bits per heavy atom. The molecular weight excluding hydrogens is 202 g/mol. The van der Waals surface area contributed by atoms with Crippen LogP contribution in [-0.4, -0.2) is 16.7 Å². The summed E-state index contributed by atoms with van der Waals surface area (Å²) >= 11 is 0. The number of ketones is 1. The molecular formula is C13H19NO2. The smallest absolute Gasteiger partial charge is 0.155 e. The molecule has 1 rings (SSSR count). The van der Waals surface area contributed by atoms with Crippen LogP contribution in [0.3, 0.4) is 0 Å². The molecule has 1 aliphatic carbocycles. The van der Waals surface area contributed by atoms with Crippen molar-refractivity contribution in [2.75, 3.05) is 0 Å². The van der Waals surface area contributed by atoms with E-state index in [0.717, 1.165) is 0 Å². The molecule has 0 fully saturated rings. The van der Waals surface area contributed by atoms with Crippen molar-refractivity contribution < 1.29 is 10.0 Å². The molecule has 1 atom stereocenters. The van der Waals surface area contributed by atoms with Crippen molar-refractivity contribution in [2.45, 2.75) is 27.7 Å². The first-order valence-electron chi connectivity index (χ1n) is 5.45. The van der Waals surface area contributed by atoms with Gasteiger partial charge in [-0.2, -0.15) is 0 Å². The lowest BCUT2D eigenvalue weighted by Crippen LogP contribution is -2.39. The summed E-state index contributed by atoms with van der Waals surface area (Å²) in [7, 11) is 0. The fraction of sp³-hybridized carbons (Fsp3) is 0.538. The molecule has 0 aromatic carbocycles. The standard InChI is InChI=1S/C13H19NO2/c1-8(2)11(14-16)10-9(3)6-7-13(4,5)12(10)15/h6-8,10,16H,3H2,1-2,4-5H3/b14-11+. The van der Waals surface area contributed by atoms with Crippen LogP contribution in [0.2, 0.25) is 0 Å². The molecule has 1 unspecified atom stereocenters. The number of Topliss-reactive ketones (excluding diaryl/α,β-unsaturated/α-hetero) is 1. The third kappa shape index (κ3) is 2.08. The van der Waals surface area contributed by atoms with Gasteiger partial charge in [-0.25, -0.2) is 0 Å². The van der Waals surface area contributed by atoms with E-state index in [1.54, 1.807) is 0 Å². The lowest BCUT2D eigenvalue weighted by molar-refractivity contribution is -0.126. The van der Waals surface area contributed by atoms with E-state index in [4.69, 9.17) is 5.21 Å². The SMILES string of the molecule is C=C1C=CC(C)(C)C(=O)C1/C(=N/O)C(C)C. The van der Waals surface area contributed by atoms with Crippen LogP contribution in [-0.2, 0) is 4.79 Å². The van der Waals surface area contributed by atoms with Gasteiger partial charge >= 0.3 is 0 Å². The first-order chi connectivity index (χ1) is 7.31. The molecule has 0 amide bonds. The molecule has 16 heavy (non-hydrogen) atoms. The Hall–Kier alpha value is -1.38. The summed E-state index contributed by atoms with van der Waals surface area (Å²) in [5, 5.41) is 12.3. The van der Waals surface area contributed by atoms with Gasteiger partial charge in [0.15, 0.2) is 5.78 Å². The van der Waals surface area contributed by atoms with Crippen LogP contribution in [0, 0.1) is 17.3 Å². The number of hydrogen-bond donors (Lipinski definition) is 1. The molecule has 0 radical (unpaired) electrons. The zero-order valence-corrected chi connectivity index (χ0v) is 10.3. The number of hydrogen-bond acceptors (Lipinski definition) is 3. The first-order valence-corrected chi connectivity index (χ1v) is 5.45. The highest BCUT2D eigenvalue weighted by atomic mass is 16.4. The van der Waals surface area contributed by atoms with Gasteiger partial charge < -0.3 is 5.21 Å². The highest BCUT2D eigenvalue weighted by molar-refractivity contribution is 6.11. The summed E-state index contributed by atoms with van der Waals surface area (Å²) in [4.78, 5) is 12.3. The molecule has 0 aliphatic heterocycles. The molecule has 1 N–H and O–H groups in total. The van der Waals surface area contributed by atoms with Gasteiger partial charge in [-0.05, 0) is 25.3 Å². The largest absolute Gasteiger partial charge is 0.411 e. The topological polar surface area (TPSA) is 49.7 Å². The molecule has 0 aromatic rings. The van der Waals surface area contributed by atoms with Crippen molar-refractivity contribution in [3.63, 3.8) is 0 Å². The van der Waals surface area contributed by atoms with Crippen molar-refractivity contribution in [2.24, 2.45) is 22.4 Å². The summed E-state index contributed by atoms with van der Waals surface area (Å²) in [6, 6.07) is 0. The van der Waals surface area contributed by atoms with Crippen molar-refractivity contribution in [1.82, 2.24) is 0 Å². The van der Waals surface area contributed by atoms with E-state index in [-0.39, 0.29) is 11.7 Å². The molecule has 3 heteroatoms. The molecule has 0 aromatic heterocycles. The van der Waals surface area contributed by atoms with E-state index in [1.807, 2.05) is 39.8 Å². The minimum Gasteiger partial charge on any atom is -0.411 e. The zero-order chi connectivity index (χ0) is 12.5. The predicted octanol–water partition coefficient (Wildman–Crippen LogP) is 2.81. The Balaban J connectivity index is 3.19. The summed E-state index contributed by atoms with van der Waals surface area (Å²) in [6.07, 6.45) is 3.70. The van der Waals surface area contributed by atoms with Crippen LogP contribution >= 0.6 is 0 Å². The lowest BCUT2D eigenvalue weighted by Gasteiger charge is -2.31. The van der Waals surface area contributed by atoms with Crippen LogP contribution < -0.4 is 0 Å².